The number of hydrazine groups is 2. The zero-order chi connectivity index (χ0) is 7.11. The van der Waals surface area contributed by atoms with E-state index in [0.717, 1.165) is 13.1 Å². The van der Waals surface area contributed by atoms with Gasteiger partial charge in [-0.15, -0.1) is 0 Å². The monoisotopic (exact) mass is 129 g/mol. The molecule has 54 valence electrons. The molecule has 3 nitrogen and oxygen atoms in total. The maximum Gasteiger partial charge on any atom is 0.0268 e. The van der Waals surface area contributed by atoms with E-state index < -0.39 is 0 Å². The summed E-state index contributed by atoms with van der Waals surface area (Å²) in [6.07, 6.45) is 1.70. The second-order valence-corrected chi connectivity index (χ2v) is 1.58. The molecule has 0 heterocycles. The molecule has 0 atom stereocenters. The van der Waals surface area contributed by atoms with Gasteiger partial charge >= 0.3 is 0 Å². The third-order valence-electron chi connectivity index (χ3n) is 0.839. The Morgan fingerprint density at radius 1 is 1.33 bits per heavy atom. The molecule has 0 aromatic rings. The van der Waals surface area contributed by atoms with Gasteiger partial charge in [-0.2, -0.15) is 0 Å². The van der Waals surface area contributed by atoms with Crippen LogP contribution in [0.2, 0.25) is 0 Å². The minimum absolute atomic E-state index is 0.902. The standard InChI is InChI=1S/C6H15N3/c1-4-7-9(6-3)8-5-2/h6-8H,3-5H2,1-2H3. The summed E-state index contributed by atoms with van der Waals surface area (Å²) >= 11 is 0. The lowest BCUT2D eigenvalue weighted by molar-refractivity contribution is 0.197. The Balaban J connectivity index is 3.29. The summed E-state index contributed by atoms with van der Waals surface area (Å²) in [5.41, 5.74) is 6.07. The van der Waals surface area contributed by atoms with Crippen LogP contribution in [0.4, 0.5) is 0 Å². The van der Waals surface area contributed by atoms with E-state index in [-0.39, 0.29) is 0 Å². The van der Waals surface area contributed by atoms with Gasteiger partial charge < -0.3 is 0 Å². The quantitative estimate of drug-likeness (QED) is 0.529. The maximum absolute atomic E-state index is 3.60. The highest BCUT2D eigenvalue weighted by molar-refractivity contribution is 4.61. The maximum atomic E-state index is 3.60. The second kappa shape index (κ2) is 5.59. The molecule has 0 bridgehead atoms. The van der Waals surface area contributed by atoms with Crippen molar-refractivity contribution >= 4 is 0 Å². The molecule has 0 radical (unpaired) electrons. The highest BCUT2D eigenvalue weighted by Gasteiger charge is 1.87. The van der Waals surface area contributed by atoms with Crippen LogP contribution in [0.3, 0.4) is 0 Å². The zero-order valence-electron chi connectivity index (χ0n) is 6.15. The predicted molar refractivity (Wildman–Crippen MR) is 39.4 cm³/mol. The lowest BCUT2D eigenvalue weighted by Crippen LogP contribution is -2.43. The number of nitrogens with zero attached hydrogens (tertiary/aromatic N) is 1. The fourth-order valence-electron chi connectivity index (χ4n) is 0.526. The topological polar surface area (TPSA) is 27.3 Å². The molecule has 0 saturated heterocycles. The summed E-state index contributed by atoms with van der Waals surface area (Å²) in [5, 5.41) is 1.75. The van der Waals surface area contributed by atoms with Crippen LogP contribution in [0.15, 0.2) is 12.8 Å². The Morgan fingerprint density at radius 3 is 2.00 bits per heavy atom. The van der Waals surface area contributed by atoms with E-state index in [0.29, 0.717) is 0 Å². The lowest BCUT2D eigenvalue weighted by Gasteiger charge is -2.19. The Hall–Kier alpha value is -0.540. The molecule has 0 saturated carbocycles. The van der Waals surface area contributed by atoms with Crippen molar-refractivity contribution in [1.82, 2.24) is 16.0 Å². The molecule has 0 aromatic carbocycles. The molecule has 0 unspecified atom stereocenters. The van der Waals surface area contributed by atoms with Crippen molar-refractivity contribution in [3.63, 3.8) is 0 Å². The first kappa shape index (κ1) is 8.46. The predicted octanol–water partition coefficient (Wildman–Crippen LogP) is 0.481. The van der Waals surface area contributed by atoms with Gasteiger partial charge in [0, 0.05) is 19.3 Å². The van der Waals surface area contributed by atoms with Gasteiger partial charge in [-0.25, -0.2) is 16.0 Å². The number of rotatable bonds is 5. The van der Waals surface area contributed by atoms with Crippen molar-refractivity contribution in [3.8, 4) is 0 Å². The summed E-state index contributed by atoms with van der Waals surface area (Å²) in [6, 6.07) is 0. The molecule has 0 aromatic heterocycles. The van der Waals surface area contributed by atoms with Gasteiger partial charge in [-0.05, 0) is 0 Å². The van der Waals surface area contributed by atoms with Crippen molar-refractivity contribution in [2.45, 2.75) is 13.8 Å². The molecule has 2 N–H and O–H groups in total. The largest absolute Gasteiger partial charge is 0.250 e. The summed E-state index contributed by atoms with van der Waals surface area (Å²) < 4.78 is 0. The van der Waals surface area contributed by atoms with Crippen molar-refractivity contribution < 1.29 is 0 Å². The second-order valence-electron chi connectivity index (χ2n) is 1.58. The molecule has 0 fully saturated rings. The van der Waals surface area contributed by atoms with Gasteiger partial charge in [-0.1, -0.05) is 20.4 Å². The van der Waals surface area contributed by atoms with Gasteiger partial charge in [0.1, 0.15) is 0 Å². The van der Waals surface area contributed by atoms with E-state index in [1.165, 1.54) is 0 Å². The SMILES string of the molecule is C=CN(NCC)NCC. The highest BCUT2D eigenvalue weighted by atomic mass is 15.7. The smallest absolute Gasteiger partial charge is 0.0268 e. The lowest BCUT2D eigenvalue weighted by atomic mass is 10.8. The normalized spacial score (nSPS) is 9.11. The number of nitrogens with one attached hydrogen (secondary N) is 2. The van der Waals surface area contributed by atoms with Gasteiger partial charge in [-0.3, -0.25) is 0 Å². The fourth-order valence-corrected chi connectivity index (χ4v) is 0.526. The molecule has 0 aliphatic carbocycles. The molecule has 3 heteroatoms. The van der Waals surface area contributed by atoms with Crippen molar-refractivity contribution in [2.24, 2.45) is 0 Å². The first-order valence-electron chi connectivity index (χ1n) is 3.23. The van der Waals surface area contributed by atoms with Crippen LogP contribution in [-0.2, 0) is 0 Å². The summed E-state index contributed by atoms with van der Waals surface area (Å²) in [7, 11) is 0. The van der Waals surface area contributed by atoms with Gasteiger partial charge in [0.15, 0.2) is 0 Å². The number of hydrogen-bond acceptors (Lipinski definition) is 3. The Kier molecular flexibility index (Phi) is 5.26. The number of hydrogen-bond donors (Lipinski definition) is 2. The third-order valence-corrected chi connectivity index (χ3v) is 0.839. The average Bonchev–Trinajstić information content (AvgIpc) is 1.88. The van der Waals surface area contributed by atoms with Gasteiger partial charge in [0.05, 0.1) is 0 Å². The van der Waals surface area contributed by atoms with E-state index in [1.54, 1.807) is 11.3 Å². The molecular formula is C6H15N3. The van der Waals surface area contributed by atoms with Crippen LogP contribution in [0, 0.1) is 0 Å². The molecular weight excluding hydrogens is 114 g/mol. The van der Waals surface area contributed by atoms with Crippen molar-refractivity contribution in [3.05, 3.63) is 12.8 Å². The van der Waals surface area contributed by atoms with Crippen LogP contribution in [0.1, 0.15) is 13.8 Å². The van der Waals surface area contributed by atoms with E-state index in [4.69, 9.17) is 0 Å². The average molecular weight is 129 g/mol. The third kappa shape index (κ3) is 4.00. The molecule has 0 aliphatic heterocycles. The summed E-state index contributed by atoms with van der Waals surface area (Å²) in [5.74, 6) is 0. The fraction of sp³-hybridized carbons (Fsp3) is 0.667. The minimum Gasteiger partial charge on any atom is -0.250 e. The minimum atomic E-state index is 0.902. The van der Waals surface area contributed by atoms with E-state index >= 15 is 0 Å². The Labute approximate surface area is 56.7 Å². The first-order chi connectivity index (χ1) is 4.35. The summed E-state index contributed by atoms with van der Waals surface area (Å²) in [6.45, 7) is 9.47. The van der Waals surface area contributed by atoms with E-state index in [1.807, 2.05) is 13.8 Å². The van der Waals surface area contributed by atoms with Crippen LogP contribution < -0.4 is 10.9 Å². The molecule has 9 heavy (non-hydrogen) atoms. The van der Waals surface area contributed by atoms with E-state index in [9.17, 15) is 0 Å². The van der Waals surface area contributed by atoms with Crippen LogP contribution in [0.5, 0.6) is 0 Å². The summed E-state index contributed by atoms with van der Waals surface area (Å²) in [4.78, 5) is 0. The van der Waals surface area contributed by atoms with Crippen LogP contribution in [-0.4, -0.2) is 18.2 Å². The molecule has 0 amide bonds. The molecule has 0 spiro atoms. The Morgan fingerprint density at radius 2 is 1.78 bits per heavy atom. The first-order valence-corrected chi connectivity index (χ1v) is 3.23. The van der Waals surface area contributed by atoms with E-state index in [2.05, 4.69) is 17.4 Å². The van der Waals surface area contributed by atoms with Crippen molar-refractivity contribution in [2.75, 3.05) is 13.1 Å². The Bertz CT molecular complexity index is 66.7. The van der Waals surface area contributed by atoms with Gasteiger partial charge in [0.25, 0.3) is 0 Å². The highest BCUT2D eigenvalue weighted by Crippen LogP contribution is 1.72. The molecule has 0 rings (SSSR count). The van der Waals surface area contributed by atoms with Crippen LogP contribution >= 0.6 is 0 Å². The van der Waals surface area contributed by atoms with Crippen LogP contribution in [0.25, 0.3) is 0 Å². The van der Waals surface area contributed by atoms with Gasteiger partial charge in [0.2, 0.25) is 0 Å². The zero-order valence-corrected chi connectivity index (χ0v) is 6.15. The van der Waals surface area contributed by atoms with Crippen molar-refractivity contribution in [1.29, 1.82) is 0 Å². The molecule has 0 aliphatic rings.